The van der Waals surface area contributed by atoms with E-state index < -0.39 is 5.54 Å². The van der Waals surface area contributed by atoms with Gasteiger partial charge in [0.25, 0.3) is 0 Å². The van der Waals surface area contributed by atoms with Gasteiger partial charge in [0.1, 0.15) is 5.54 Å². The first-order valence-electron chi connectivity index (χ1n) is 6.33. The number of esters is 1. The lowest BCUT2D eigenvalue weighted by atomic mass is 9.98. The normalized spacial score (nSPS) is 16.6. The summed E-state index contributed by atoms with van der Waals surface area (Å²) >= 11 is 1.91. The predicted molar refractivity (Wildman–Crippen MR) is 75.5 cm³/mol. The fourth-order valence-corrected chi connectivity index (χ4v) is 2.84. The van der Waals surface area contributed by atoms with Crippen LogP contribution in [-0.4, -0.2) is 35.7 Å². The number of hydrogen-bond donors (Lipinski definition) is 1. The molecule has 0 aromatic carbocycles. The number of ether oxygens (including phenoxy) is 1. The Morgan fingerprint density at radius 3 is 2.41 bits per heavy atom. The van der Waals surface area contributed by atoms with Crippen molar-refractivity contribution in [1.29, 1.82) is 0 Å². The molecule has 0 aliphatic carbocycles. The lowest BCUT2D eigenvalue weighted by molar-refractivity contribution is -0.148. The van der Waals surface area contributed by atoms with Gasteiger partial charge in [-0.1, -0.05) is 13.8 Å². The Morgan fingerprint density at radius 1 is 1.41 bits per heavy atom. The van der Waals surface area contributed by atoms with Crippen molar-refractivity contribution in [3.63, 3.8) is 0 Å². The van der Waals surface area contributed by atoms with Crippen LogP contribution in [0.3, 0.4) is 0 Å². The highest BCUT2D eigenvalue weighted by molar-refractivity contribution is 7.99. The van der Waals surface area contributed by atoms with Gasteiger partial charge in [-0.3, -0.25) is 10.1 Å². The number of carbonyl (C=O) groups is 1. The summed E-state index contributed by atoms with van der Waals surface area (Å²) < 4.78 is 4.89. The maximum atomic E-state index is 11.8. The standard InChI is InChI=1S/C13H27NO2S/c1-7-11(4)17-9-8-13(5,12(15)16-6)14-10(2)3/h10-11,14H,7-9H2,1-6H3. The van der Waals surface area contributed by atoms with Gasteiger partial charge in [0.2, 0.25) is 0 Å². The van der Waals surface area contributed by atoms with Gasteiger partial charge >= 0.3 is 5.97 Å². The third-order valence-corrected chi connectivity index (χ3v) is 4.16. The van der Waals surface area contributed by atoms with Gasteiger partial charge in [-0.05, 0) is 39.4 Å². The molecule has 0 aromatic rings. The Balaban J connectivity index is 4.34. The van der Waals surface area contributed by atoms with Gasteiger partial charge in [0.05, 0.1) is 7.11 Å². The Labute approximate surface area is 110 Å². The van der Waals surface area contributed by atoms with E-state index in [0.29, 0.717) is 5.25 Å². The van der Waals surface area contributed by atoms with E-state index in [0.717, 1.165) is 18.6 Å². The summed E-state index contributed by atoms with van der Waals surface area (Å²) in [5.74, 6) is 0.802. The summed E-state index contributed by atoms with van der Waals surface area (Å²) in [4.78, 5) is 11.8. The molecule has 0 aliphatic rings. The van der Waals surface area contributed by atoms with E-state index in [4.69, 9.17) is 4.74 Å². The third kappa shape index (κ3) is 6.32. The van der Waals surface area contributed by atoms with Crippen LogP contribution in [0.4, 0.5) is 0 Å². The van der Waals surface area contributed by atoms with Gasteiger partial charge in [0, 0.05) is 11.3 Å². The number of rotatable bonds is 8. The zero-order valence-corrected chi connectivity index (χ0v) is 12.8. The molecule has 0 amide bonds. The van der Waals surface area contributed by atoms with Gasteiger partial charge in [-0.2, -0.15) is 11.8 Å². The van der Waals surface area contributed by atoms with Gasteiger partial charge in [-0.25, -0.2) is 0 Å². The first kappa shape index (κ1) is 16.8. The van der Waals surface area contributed by atoms with Crippen LogP contribution in [0.2, 0.25) is 0 Å². The van der Waals surface area contributed by atoms with Crippen LogP contribution in [0.15, 0.2) is 0 Å². The van der Waals surface area contributed by atoms with E-state index in [-0.39, 0.29) is 12.0 Å². The van der Waals surface area contributed by atoms with Crippen LogP contribution < -0.4 is 5.32 Å². The summed E-state index contributed by atoms with van der Waals surface area (Å²) in [7, 11) is 1.45. The van der Waals surface area contributed by atoms with Crippen LogP contribution >= 0.6 is 11.8 Å². The highest BCUT2D eigenvalue weighted by atomic mass is 32.2. The summed E-state index contributed by atoms with van der Waals surface area (Å²) in [5.41, 5.74) is -0.566. The summed E-state index contributed by atoms with van der Waals surface area (Å²) in [6.45, 7) is 10.4. The number of methoxy groups -OCH3 is 1. The second-order valence-corrected chi connectivity index (χ2v) is 6.51. The molecule has 3 nitrogen and oxygen atoms in total. The van der Waals surface area contributed by atoms with E-state index in [1.54, 1.807) is 0 Å². The minimum atomic E-state index is -0.566. The molecule has 0 heterocycles. The maximum Gasteiger partial charge on any atom is 0.325 e. The van der Waals surface area contributed by atoms with Crippen LogP contribution in [0.25, 0.3) is 0 Å². The van der Waals surface area contributed by atoms with E-state index in [2.05, 4.69) is 19.2 Å². The SMILES string of the molecule is CCC(C)SCCC(C)(NC(C)C)C(=O)OC. The second-order valence-electron chi connectivity index (χ2n) is 4.96. The fraction of sp³-hybridized carbons (Fsp3) is 0.923. The molecule has 17 heavy (non-hydrogen) atoms. The smallest absolute Gasteiger partial charge is 0.325 e. The monoisotopic (exact) mass is 261 g/mol. The highest BCUT2D eigenvalue weighted by Crippen LogP contribution is 2.21. The molecule has 0 saturated carbocycles. The number of carbonyl (C=O) groups excluding carboxylic acids is 1. The Hall–Kier alpha value is -0.220. The van der Waals surface area contributed by atoms with Crippen molar-refractivity contribution in [3.05, 3.63) is 0 Å². The van der Waals surface area contributed by atoms with Gasteiger partial charge in [0.15, 0.2) is 0 Å². The van der Waals surface area contributed by atoms with Crippen LogP contribution in [0.1, 0.15) is 47.5 Å². The van der Waals surface area contributed by atoms with Gasteiger partial charge < -0.3 is 4.74 Å². The molecule has 2 unspecified atom stereocenters. The van der Waals surface area contributed by atoms with Crippen LogP contribution in [0, 0.1) is 0 Å². The molecule has 0 aliphatic heterocycles. The number of nitrogens with one attached hydrogen (secondary N) is 1. The minimum Gasteiger partial charge on any atom is -0.468 e. The molecule has 0 fully saturated rings. The Kier molecular flexibility index (Phi) is 7.88. The topological polar surface area (TPSA) is 38.3 Å². The molecule has 2 atom stereocenters. The zero-order chi connectivity index (χ0) is 13.5. The molecule has 0 bridgehead atoms. The van der Waals surface area contributed by atoms with Crippen molar-refractivity contribution < 1.29 is 9.53 Å². The quantitative estimate of drug-likeness (QED) is 0.682. The Morgan fingerprint density at radius 2 is 2.00 bits per heavy atom. The van der Waals surface area contributed by atoms with Crippen molar-refractivity contribution in [1.82, 2.24) is 5.32 Å². The fourth-order valence-electron chi connectivity index (χ4n) is 1.68. The summed E-state index contributed by atoms with van der Waals surface area (Å²) in [5, 5.41) is 3.96. The summed E-state index contributed by atoms with van der Waals surface area (Å²) in [6.07, 6.45) is 1.96. The number of thioether (sulfide) groups is 1. The zero-order valence-electron chi connectivity index (χ0n) is 12.0. The lowest BCUT2D eigenvalue weighted by Crippen LogP contribution is -2.53. The van der Waals surface area contributed by atoms with E-state index >= 15 is 0 Å². The molecule has 0 rings (SSSR count). The molecule has 0 radical (unpaired) electrons. The van der Waals surface area contributed by atoms with Crippen molar-refractivity contribution >= 4 is 17.7 Å². The molecule has 0 saturated heterocycles. The van der Waals surface area contributed by atoms with Crippen molar-refractivity contribution in [2.75, 3.05) is 12.9 Å². The minimum absolute atomic E-state index is 0.170. The van der Waals surface area contributed by atoms with Crippen molar-refractivity contribution in [2.24, 2.45) is 0 Å². The first-order valence-corrected chi connectivity index (χ1v) is 7.38. The van der Waals surface area contributed by atoms with E-state index in [9.17, 15) is 4.79 Å². The third-order valence-electron chi connectivity index (χ3n) is 2.82. The van der Waals surface area contributed by atoms with E-state index in [1.807, 2.05) is 32.5 Å². The van der Waals surface area contributed by atoms with Crippen LogP contribution in [-0.2, 0) is 9.53 Å². The molecular formula is C13H27NO2S. The van der Waals surface area contributed by atoms with Crippen molar-refractivity contribution in [3.8, 4) is 0 Å². The Bertz CT molecular complexity index is 233. The molecule has 102 valence electrons. The maximum absolute atomic E-state index is 11.8. The lowest BCUT2D eigenvalue weighted by Gasteiger charge is -2.30. The number of hydrogen-bond acceptors (Lipinski definition) is 4. The first-order chi connectivity index (χ1) is 7.85. The van der Waals surface area contributed by atoms with Crippen molar-refractivity contribution in [2.45, 2.75) is 64.3 Å². The molecule has 0 aromatic heterocycles. The molecular weight excluding hydrogens is 234 g/mol. The molecule has 4 heteroatoms. The second kappa shape index (κ2) is 7.98. The van der Waals surface area contributed by atoms with Crippen LogP contribution in [0.5, 0.6) is 0 Å². The van der Waals surface area contributed by atoms with Gasteiger partial charge in [-0.15, -0.1) is 0 Å². The average molecular weight is 261 g/mol. The van der Waals surface area contributed by atoms with E-state index in [1.165, 1.54) is 7.11 Å². The molecule has 0 spiro atoms. The highest BCUT2D eigenvalue weighted by Gasteiger charge is 2.34. The molecule has 1 N–H and O–H groups in total. The average Bonchev–Trinajstić information content (AvgIpc) is 2.26. The predicted octanol–water partition coefficient (Wildman–Crippen LogP) is 2.84. The summed E-state index contributed by atoms with van der Waals surface area (Å²) in [6, 6.07) is 0.271. The largest absolute Gasteiger partial charge is 0.468 e.